The highest BCUT2D eigenvalue weighted by Gasteiger charge is 2.21. The van der Waals surface area contributed by atoms with Gasteiger partial charge in [-0.3, -0.25) is 14.2 Å². The van der Waals surface area contributed by atoms with Gasteiger partial charge in [0.15, 0.2) is 6.10 Å². The van der Waals surface area contributed by atoms with Crippen LogP contribution in [0.15, 0.2) is 24.3 Å². The van der Waals surface area contributed by atoms with E-state index >= 15 is 0 Å². The average molecular weight is 774 g/mol. The van der Waals surface area contributed by atoms with Crippen molar-refractivity contribution < 1.29 is 47.8 Å². The molecule has 3 atom stereocenters. The lowest BCUT2D eigenvalue weighted by Gasteiger charge is -2.26. The van der Waals surface area contributed by atoms with Crippen molar-refractivity contribution in [2.75, 3.05) is 26.4 Å². The number of unbranched alkanes of at least 4 members (excludes halogenated alkanes) is 22. The number of aliphatic hydroxyl groups is 2. The Morgan fingerprint density at radius 3 is 1.38 bits per heavy atom. The third-order valence-electron chi connectivity index (χ3n) is 9.07. The number of esters is 2. The van der Waals surface area contributed by atoms with E-state index in [9.17, 15) is 24.2 Å². The Kier molecular flexibility index (Phi) is 37.6. The number of hydrogen-bond donors (Lipinski definition) is 2. The van der Waals surface area contributed by atoms with Crippen LogP contribution in [0.3, 0.4) is 0 Å². The van der Waals surface area contributed by atoms with Crippen LogP contribution in [0.1, 0.15) is 194 Å². The van der Waals surface area contributed by atoms with E-state index in [1.165, 1.54) is 77.0 Å². The molecule has 10 nitrogen and oxygen atoms in total. The van der Waals surface area contributed by atoms with Crippen molar-refractivity contribution in [1.29, 1.82) is 0 Å². The zero-order valence-electron chi connectivity index (χ0n) is 33.7. The number of carbonyl (C=O) groups excluding carboxylic acids is 2. The molecule has 0 amide bonds. The van der Waals surface area contributed by atoms with Crippen molar-refractivity contribution >= 4 is 19.8 Å². The van der Waals surface area contributed by atoms with E-state index in [0.29, 0.717) is 12.8 Å². The summed E-state index contributed by atoms with van der Waals surface area (Å²) in [6.07, 6.45) is 36.9. The molecule has 0 aliphatic heterocycles. The number of phosphoric ester groups is 1. The van der Waals surface area contributed by atoms with Gasteiger partial charge >= 0.3 is 11.9 Å². The molecule has 0 saturated heterocycles. The summed E-state index contributed by atoms with van der Waals surface area (Å²) in [6.45, 7) is 2.17. The van der Waals surface area contributed by atoms with Crippen LogP contribution in [0.2, 0.25) is 0 Å². The Bertz CT molecular complexity index is 941. The second kappa shape index (κ2) is 38.7. The summed E-state index contributed by atoms with van der Waals surface area (Å²) in [4.78, 5) is 37.1. The monoisotopic (exact) mass is 774 g/mol. The van der Waals surface area contributed by atoms with Crippen molar-refractivity contribution in [3.05, 3.63) is 24.3 Å². The largest absolute Gasteiger partial charge is 0.756 e. The van der Waals surface area contributed by atoms with Gasteiger partial charge in [0.2, 0.25) is 0 Å². The van der Waals surface area contributed by atoms with Gasteiger partial charge in [0.1, 0.15) is 12.7 Å². The van der Waals surface area contributed by atoms with Crippen molar-refractivity contribution in [2.24, 2.45) is 0 Å². The smallest absolute Gasteiger partial charge is 0.306 e. The van der Waals surface area contributed by atoms with Crippen LogP contribution in [-0.2, 0) is 32.7 Å². The van der Waals surface area contributed by atoms with E-state index < -0.39 is 51.8 Å². The molecule has 0 aromatic rings. The Labute approximate surface area is 323 Å². The molecule has 0 bridgehead atoms. The molecular weight excluding hydrogens is 695 g/mol. The summed E-state index contributed by atoms with van der Waals surface area (Å²) in [6, 6.07) is 0. The first-order valence-electron chi connectivity index (χ1n) is 21.3. The van der Waals surface area contributed by atoms with Crippen LogP contribution in [0.4, 0.5) is 0 Å². The molecule has 0 aliphatic carbocycles. The second-order valence-corrected chi connectivity index (χ2v) is 15.7. The van der Waals surface area contributed by atoms with E-state index in [4.69, 9.17) is 19.1 Å². The molecule has 0 spiro atoms. The van der Waals surface area contributed by atoms with Gasteiger partial charge in [-0.1, -0.05) is 141 Å². The molecule has 312 valence electrons. The van der Waals surface area contributed by atoms with Crippen molar-refractivity contribution in [2.45, 2.75) is 206 Å². The van der Waals surface area contributed by atoms with E-state index in [0.717, 1.165) is 77.0 Å². The maximum atomic E-state index is 12.6. The molecule has 0 fully saturated rings. The molecule has 53 heavy (non-hydrogen) atoms. The summed E-state index contributed by atoms with van der Waals surface area (Å²) >= 11 is 0. The molecule has 0 radical (unpaired) electrons. The molecule has 0 saturated carbocycles. The molecule has 0 heterocycles. The Hall–Kier alpha value is -1.55. The highest BCUT2D eigenvalue weighted by Crippen LogP contribution is 2.38. The van der Waals surface area contributed by atoms with Crippen molar-refractivity contribution in [3.8, 4) is 0 Å². The molecule has 0 aromatic carbocycles. The SMILES string of the molecule is CCCCCCCC/C=C/CCCCCCCC(=O)OC[C@H](COP(=O)([O-])OC[C@@H](O)CO)OC(=O)CCCCCCC/C=C/CCCCCCCC. The number of aliphatic hydroxyl groups excluding tert-OH is 2. The molecule has 2 N–H and O–H groups in total. The zero-order valence-corrected chi connectivity index (χ0v) is 34.6. The maximum Gasteiger partial charge on any atom is 0.306 e. The van der Waals surface area contributed by atoms with Crippen LogP contribution in [-0.4, -0.2) is 60.8 Å². The summed E-state index contributed by atoms with van der Waals surface area (Å²) in [5.74, 6) is -0.976. The van der Waals surface area contributed by atoms with E-state index in [-0.39, 0.29) is 19.4 Å². The van der Waals surface area contributed by atoms with Gasteiger partial charge in [-0.25, -0.2) is 0 Å². The first-order chi connectivity index (χ1) is 25.7. The molecule has 0 rings (SSSR count). The lowest BCUT2D eigenvalue weighted by atomic mass is 10.1. The van der Waals surface area contributed by atoms with Gasteiger partial charge < -0.3 is 33.6 Å². The first-order valence-corrected chi connectivity index (χ1v) is 22.7. The fourth-order valence-corrected chi connectivity index (χ4v) is 6.52. The highest BCUT2D eigenvalue weighted by molar-refractivity contribution is 7.45. The number of ether oxygens (including phenoxy) is 2. The Balaban J connectivity index is 4.33. The van der Waals surface area contributed by atoms with E-state index in [1.54, 1.807) is 0 Å². The van der Waals surface area contributed by atoms with E-state index in [2.05, 4.69) is 42.7 Å². The standard InChI is InChI=1S/C42H79O10P/c1-3-5-7-9-11-13-15-17-19-21-23-25-27-29-31-33-41(45)49-37-40(38-51-53(47,48)50-36-39(44)35-43)52-42(46)34-32-30-28-26-24-22-20-18-16-14-12-10-8-6-4-2/h17-20,39-40,43-44H,3-16,21-38H2,1-2H3,(H,47,48)/p-1/b19-17+,20-18+/t39-,40+/m0/s1. The number of rotatable bonds is 40. The molecule has 0 aromatic heterocycles. The average Bonchev–Trinajstić information content (AvgIpc) is 3.14. The van der Waals surface area contributed by atoms with E-state index in [1.807, 2.05) is 0 Å². The number of allylic oxidation sites excluding steroid dienone is 4. The van der Waals surface area contributed by atoms with Crippen molar-refractivity contribution in [1.82, 2.24) is 0 Å². The lowest BCUT2D eigenvalue weighted by Crippen LogP contribution is -2.30. The second-order valence-electron chi connectivity index (χ2n) is 14.3. The number of hydrogen-bond acceptors (Lipinski definition) is 10. The Morgan fingerprint density at radius 2 is 0.943 bits per heavy atom. The maximum absolute atomic E-state index is 12.6. The Morgan fingerprint density at radius 1 is 0.566 bits per heavy atom. The molecular formula is C42H78O10P-. The fourth-order valence-electron chi connectivity index (χ4n) is 5.74. The van der Waals surface area contributed by atoms with Gasteiger partial charge in [-0.05, 0) is 64.2 Å². The minimum absolute atomic E-state index is 0.158. The quantitative estimate of drug-likeness (QED) is 0.0266. The van der Waals surface area contributed by atoms with Gasteiger partial charge in [-0.15, -0.1) is 0 Å². The topological polar surface area (TPSA) is 152 Å². The van der Waals surface area contributed by atoms with Crippen LogP contribution < -0.4 is 4.89 Å². The summed E-state index contributed by atoms with van der Waals surface area (Å²) in [5.41, 5.74) is 0. The van der Waals surface area contributed by atoms with Crippen molar-refractivity contribution in [3.63, 3.8) is 0 Å². The van der Waals surface area contributed by atoms with Gasteiger partial charge in [0.05, 0.1) is 19.8 Å². The fraction of sp³-hybridized carbons (Fsp3) is 0.857. The zero-order chi connectivity index (χ0) is 39.1. The summed E-state index contributed by atoms with van der Waals surface area (Å²) < 4.78 is 32.3. The number of phosphoric acid groups is 1. The third kappa shape index (κ3) is 38.5. The van der Waals surface area contributed by atoms with Gasteiger partial charge in [0.25, 0.3) is 7.82 Å². The number of carbonyl (C=O) groups is 2. The molecule has 0 aliphatic rings. The predicted molar refractivity (Wildman–Crippen MR) is 212 cm³/mol. The summed E-state index contributed by atoms with van der Waals surface area (Å²) in [7, 11) is -4.87. The third-order valence-corrected chi connectivity index (χ3v) is 10.00. The van der Waals surface area contributed by atoms with Crippen LogP contribution in [0, 0.1) is 0 Å². The normalized spacial score (nSPS) is 14.1. The van der Waals surface area contributed by atoms with Gasteiger partial charge in [0, 0.05) is 12.8 Å². The van der Waals surface area contributed by atoms with Crippen LogP contribution in [0.25, 0.3) is 0 Å². The highest BCUT2D eigenvalue weighted by atomic mass is 31.2. The minimum Gasteiger partial charge on any atom is -0.756 e. The van der Waals surface area contributed by atoms with Crippen LogP contribution in [0.5, 0.6) is 0 Å². The molecule has 1 unspecified atom stereocenters. The van der Waals surface area contributed by atoms with Crippen LogP contribution >= 0.6 is 7.82 Å². The first kappa shape index (κ1) is 51.5. The minimum atomic E-state index is -4.87. The summed E-state index contributed by atoms with van der Waals surface area (Å²) in [5, 5.41) is 18.3. The predicted octanol–water partition coefficient (Wildman–Crippen LogP) is 10.4. The lowest BCUT2D eigenvalue weighted by molar-refractivity contribution is -0.230. The van der Waals surface area contributed by atoms with Gasteiger partial charge in [-0.2, -0.15) is 0 Å². The molecule has 11 heteroatoms.